The summed E-state index contributed by atoms with van der Waals surface area (Å²) in [4.78, 5) is 53.2. The van der Waals surface area contributed by atoms with Crippen LogP contribution in [0.5, 0.6) is 0 Å². The summed E-state index contributed by atoms with van der Waals surface area (Å²) >= 11 is 0. The zero-order valence-corrected chi connectivity index (χ0v) is 24.8. The summed E-state index contributed by atoms with van der Waals surface area (Å²) in [5.41, 5.74) is 7.62. The number of hydrogen-bond donors (Lipinski definition) is 3. The van der Waals surface area contributed by atoms with Gasteiger partial charge in [0.2, 0.25) is 5.91 Å². The molecule has 0 unspecified atom stereocenters. The summed E-state index contributed by atoms with van der Waals surface area (Å²) in [5.74, 6) is -2.05. The number of carbonyl (C=O) groups is 4. The van der Waals surface area contributed by atoms with Gasteiger partial charge in [0, 0.05) is 50.0 Å². The highest BCUT2D eigenvalue weighted by Crippen LogP contribution is 2.26. The van der Waals surface area contributed by atoms with Crippen molar-refractivity contribution in [2.45, 2.75) is 25.8 Å². The first-order valence-corrected chi connectivity index (χ1v) is 13.7. The van der Waals surface area contributed by atoms with E-state index in [0.29, 0.717) is 11.1 Å². The molecule has 0 aliphatic heterocycles. The van der Waals surface area contributed by atoms with E-state index in [1.54, 1.807) is 0 Å². The summed E-state index contributed by atoms with van der Waals surface area (Å²) < 4.78 is 4.43. The first-order valence-electron chi connectivity index (χ1n) is 13.7. The van der Waals surface area contributed by atoms with Crippen molar-refractivity contribution in [1.29, 1.82) is 0 Å². The van der Waals surface area contributed by atoms with E-state index in [2.05, 4.69) is 30.7 Å². The lowest BCUT2D eigenvalue weighted by atomic mass is 9.98. The van der Waals surface area contributed by atoms with Crippen LogP contribution in [-0.4, -0.2) is 69.9 Å². The van der Waals surface area contributed by atoms with Gasteiger partial charge in [-0.2, -0.15) is 0 Å². The number of aryl methyl sites for hydroxylation is 1. The second-order valence-electron chi connectivity index (χ2n) is 10.2. The molecule has 0 bridgehead atoms. The number of likely N-dealkylation sites (N-methyl/N-ethyl adjacent to an activating group) is 2. The van der Waals surface area contributed by atoms with Crippen molar-refractivity contribution in [2.75, 3.05) is 46.2 Å². The number of amides is 3. The van der Waals surface area contributed by atoms with Crippen LogP contribution in [0.2, 0.25) is 0 Å². The van der Waals surface area contributed by atoms with Gasteiger partial charge in [0.15, 0.2) is 0 Å². The maximum absolute atomic E-state index is 13.7. The zero-order valence-electron chi connectivity index (χ0n) is 24.8. The lowest BCUT2D eigenvalue weighted by Gasteiger charge is -2.23. The Morgan fingerprint density at radius 2 is 1.64 bits per heavy atom. The number of hydrogen-bond acceptors (Lipinski definition) is 7. The molecular weight excluding hydrogens is 534 g/mol. The van der Waals surface area contributed by atoms with Gasteiger partial charge < -0.3 is 19.9 Å². The monoisotopic (exact) mass is 573 g/mol. The summed E-state index contributed by atoms with van der Waals surface area (Å²) in [6, 6.07) is 19.5. The van der Waals surface area contributed by atoms with E-state index in [4.69, 9.17) is 0 Å². The van der Waals surface area contributed by atoms with Crippen molar-refractivity contribution in [3.8, 4) is 0 Å². The van der Waals surface area contributed by atoms with Gasteiger partial charge in [0.05, 0.1) is 13.2 Å². The molecular formula is C32H39N5O5. The molecule has 3 rings (SSSR count). The average Bonchev–Trinajstić information content (AvgIpc) is 2.99. The van der Waals surface area contributed by atoms with Gasteiger partial charge in [0.1, 0.15) is 0 Å². The van der Waals surface area contributed by atoms with Crippen molar-refractivity contribution < 1.29 is 23.9 Å². The zero-order chi connectivity index (χ0) is 30.6. The van der Waals surface area contributed by atoms with Crippen LogP contribution in [-0.2, 0) is 25.5 Å². The smallest absolute Gasteiger partial charge is 0.330 e. The number of nitrogens with zero attached hydrogens (tertiary/aromatic N) is 2. The molecule has 0 aliphatic rings. The maximum atomic E-state index is 13.7. The molecule has 3 amide bonds. The Morgan fingerprint density at radius 3 is 2.38 bits per heavy atom. The molecule has 0 spiro atoms. The third-order valence-electron chi connectivity index (χ3n) is 6.82. The quantitative estimate of drug-likeness (QED) is 0.173. The maximum Gasteiger partial charge on any atom is 0.330 e. The number of rotatable bonds is 12. The molecule has 42 heavy (non-hydrogen) atoms. The standard InChI is InChI=1S/C32H39N5O5/c1-22(26-12-8-10-23-9-6-7-11-27(23)26)33-32(41)28-21-25(37(4)20-19-36(2)3)15-13-24(28)14-16-29(38)34-35-30(39)17-18-31(40)42-5/h6-13,15,17-18,21-22H,14,16,19-20H2,1-5H3,(H,33,41)(H,34,38)(H,35,39)/b18-17+/t22-/m1/s1. The summed E-state index contributed by atoms with van der Waals surface area (Å²) in [5, 5.41) is 5.32. The van der Waals surface area contributed by atoms with E-state index in [9.17, 15) is 19.2 Å². The molecule has 0 radical (unpaired) electrons. The van der Waals surface area contributed by atoms with Crippen molar-refractivity contribution >= 4 is 40.2 Å². The van der Waals surface area contributed by atoms with Gasteiger partial charge in [-0.1, -0.05) is 48.5 Å². The van der Waals surface area contributed by atoms with Crippen LogP contribution in [0, 0.1) is 0 Å². The molecule has 10 heteroatoms. The Bertz CT molecular complexity index is 1450. The lowest BCUT2D eigenvalue weighted by Crippen LogP contribution is -2.41. The molecule has 10 nitrogen and oxygen atoms in total. The van der Waals surface area contributed by atoms with Gasteiger partial charge in [0.25, 0.3) is 11.8 Å². The molecule has 0 aliphatic carbocycles. The number of ether oxygens (including phenoxy) is 1. The van der Waals surface area contributed by atoms with Crippen LogP contribution >= 0.6 is 0 Å². The van der Waals surface area contributed by atoms with Gasteiger partial charge in [-0.05, 0) is 61.5 Å². The Hall–Kier alpha value is -4.70. The number of anilines is 1. The lowest BCUT2D eigenvalue weighted by molar-refractivity contribution is -0.135. The van der Waals surface area contributed by atoms with Crippen LogP contribution in [0.3, 0.4) is 0 Å². The molecule has 0 saturated carbocycles. The Kier molecular flexibility index (Phi) is 11.6. The highest BCUT2D eigenvalue weighted by Gasteiger charge is 2.19. The highest BCUT2D eigenvalue weighted by atomic mass is 16.5. The van der Waals surface area contributed by atoms with E-state index < -0.39 is 17.8 Å². The normalized spacial score (nSPS) is 11.8. The van der Waals surface area contributed by atoms with Crippen LogP contribution < -0.4 is 21.1 Å². The molecule has 0 heterocycles. The van der Waals surface area contributed by atoms with E-state index in [0.717, 1.165) is 47.3 Å². The Balaban J connectivity index is 1.76. The fraction of sp³-hybridized carbons (Fsp3) is 0.312. The molecule has 222 valence electrons. The van der Waals surface area contributed by atoms with Gasteiger partial charge in [-0.15, -0.1) is 0 Å². The fourth-order valence-corrected chi connectivity index (χ4v) is 4.39. The first-order chi connectivity index (χ1) is 20.1. The molecule has 3 aromatic carbocycles. The van der Waals surface area contributed by atoms with E-state index >= 15 is 0 Å². The minimum atomic E-state index is -0.687. The molecule has 0 saturated heterocycles. The van der Waals surface area contributed by atoms with Crippen molar-refractivity contribution in [3.63, 3.8) is 0 Å². The first kappa shape index (κ1) is 31.8. The highest BCUT2D eigenvalue weighted by molar-refractivity contribution is 5.98. The SMILES string of the molecule is COC(=O)/C=C/C(=O)NNC(=O)CCc1ccc(N(C)CCN(C)C)cc1C(=O)N[C@H](C)c1cccc2ccccc12. The van der Waals surface area contributed by atoms with Crippen LogP contribution in [0.4, 0.5) is 5.69 Å². The van der Waals surface area contributed by atoms with E-state index in [1.807, 2.05) is 88.7 Å². The summed E-state index contributed by atoms with van der Waals surface area (Å²) in [6.07, 6.45) is 2.20. The second kappa shape index (κ2) is 15.3. The van der Waals surface area contributed by atoms with Crippen molar-refractivity contribution in [2.24, 2.45) is 0 Å². The average molecular weight is 574 g/mol. The predicted molar refractivity (Wildman–Crippen MR) is 164 cm³/mol. The van der Waals surface area contributed by atoms with Crippen LogP contribution in [0.1, 0.15) is 40.9 Å². The predicted octanol–water partition coefficient (Wildman–Crippen LogP) is 3.14. The Morgan fingerprint density at radius 1 is 0.905 bits per heavy atom. The number of fused-ring (bicyclic) bond motifs is 1. The Labute approximate surface area is 246 Å². The largest absolute Gasteiger partial charge is 0.466 e. The summed E-state index contributed by atoms with van der Waals surface area (Å²) in [6.45, 7) is 3.57. The summed E-state index contributed by atoms with van der Waals surface area (Å²) in [7, 11) is 7.18. The molecule has 3 N–H and O–H groups in total. The molecule has 1 atom stereocenters. The number of carbonyl (C=O) groups excluding carboxylic acids is 4. The van der Waals surface area contributed by atoms with Crippen LogP contribution in [0.25, 0.3) is 10.8 Å². The third-order valence-corrected chi connectivity index (χ3v) is 6.82. The number of hydrazine groups is 1. The number of nitrogens with one attached hydrogen (secondary N) is 3. The van der Waals surface area contributed by atoms with Crippen molar-refractivity contribution in [3.05, 3.63) is 89.5 Å². The molecule has 3 aromatic rings. The third kappa shape index (κ3) is 9.17. The minimum absolute atomic E-state index is 0.0238. The fourth-order valence-electron chi connectivity index (χ4n) is 4.39. The van der Waals surface area contributed by atoms with Gasteiger partial charge in [-0.25, -0.2) is 4.79 Å². The number of methoxy groups -OCH3 is 1. The topological polar surface area (TPSA) is 120 Å². The second-order valence-corrected chi connectivity index (χ2v) is 10.2. The number of esters is 1. The van der Waals surface area contributed by atoms with Crippen molar-refractivity contribution in [1.82, 2.24) is 21.1 Å². The van der Waals surface area contributed by atoms with Gasteiger partial charge >= 0.3 is 5.97 Å². The minimum Gasteiger partial charge on any atom is -0.466 e. The number of benzene rings is 3. The van der Waals surface area contributed by atoms with E-state index in [-0.39, 0.29) is 24.8 Å². The van der Waals surface area contributed by atoms with E-state index in [1.165, 1.54) is 7.11 Å². The molecule has 0 fully saturated rings. The van der Waals surface area contributed by atoms with Crippen LogP contribution in [0.15, 0.2) is 72.8 Å². The molecule has 0 aromatic heterocycles. The van der Waals surface area contributed by atoms with Gasteiger partial charge in [-0.3, -0.25) is 25.2 Å².